The average molecular weight is 222 g/mol. The number of benzene rings is 1. The van der Waals surface area contributed by atoms with E-state index in [0.717, 1.165) is 5.56 Å². The van der Waals surface area contributed by atoms with E-state index in [1.807, 2.05) is 26.0 Å². The average Bonchev–Trinajstić information content (AvgIpc) is 2.98. The quantitative estimate of drug-likeness (QED) is 0.838. The van der Waals surface area contributed by atoms with Gasteiger partial charge in [-0.05, 0) is 37.5 Å². The molecule has 0 spiro atoms. The molecule has 0 saturated heterocycles. The molecule has 0 bridgehead atoms. The predicted octanol–water partition coefficient (Wildman–Crippen LogP) is 3.27. The number of carbonyl (C=O) groups is 1. The number of carboxylic acids is 1. The van der Waals surface area contributed by atoms with Crippen molar-refractivity contribution < 1.29 is 15.0 Å². The third-order valence-corrected chi connectivity index (χ3v) is 3.30. The summed E-state index contributed by atoms with van der Waals surface area (Å²) in [6.07, 6.45) is 1.41. The van der Waals surface area contributed by atoms with Gasteiger partial charge in [0.1, 0.15) is 5.75 Å². The van der Waals surface area contributed by atoms with Crippen molar-refractivity contribution in [1.29, 1.82) is 0 Å². The van der Waals surface area contributed by atoms with Crippen LogP contribution in [0.25, 0.3) is 11.1 Å². The van der Waals surface area contributed by atoms with E-state index >= 15 is 0 Å². The van der Waals surface area contributed by atoms with Gasteiger partial charge in [-0.15, -0.1) is 0 Å². The molecule has 2 aliphatic carbocycles. The first kappa shape index (κ1) is 12.6. The zero-order valence-corrected chi connectivity index (χ0v) is 9.95. The molecule has 0 unspecified atom stereocenters. The Kier molecular flexibility index (Phi) is 3.58. The number of carboxylic acid groups (broad SMARTS) is 1. The van der Waals surface area contributed by atoms with Crippen LogP contribution in [0.3, 0.4) is 0 Å². The normalized spacial score (nSPS) is 11.4. The molecule has 0 saturated carbocycles. The van der Waals surface area contributed by atoms with Gasteiger partial charge in [-0.25, -0.2) is 0 Å². The molecule has 2 aliphatic rings. The smallest absolute Gasteiger partial charge is 0.309 e. The van der Waals surface area contributed by atoms with E-state index in [9.17, 15) is 4.79 Å². The molecule has 3 nitrogen and oxygen atoms in total. The Balaban J connectivity index is 0.000000163. The van der Waals surface area contributed by atoms with Crippen LogP contribution in [0.15, 0.2) is 18.2 Å². The van der Waals surface area contributed by atoms with Crippen LogP contribution in [0, 0.1) is 5.41 Å². The summed E-state index contributed by atoms with van der Waals surface area (Å²) in [6, 6.07) is 5.57. The van der Waals surface area contributed by atoms with Crippen molar-refractivity contribution >= 4 is 5.97 Å². The van der Waals surface area contributed by atoms with Crippen LogP contribution in [0.4, 0.5) is 0 Å². The van der Waals surface area contributed by atoms with E-state index in [4.69, 9.17) is 10.2 Å². The van der Waals surface area contributed by atoms with Gasteiger partial charge < -0.3 is 10.2 Å². The van der Waals surface area contributed by atoms with E-state index in [2.05, 4.69) is 0 Å². The molecule has 0 aliphatic heterocycles. The molecular weight excluding hydrogens is 204 g/mol. The lowest BCUT2D eigenvalue weighted by Crippen LogP contribution is -2.25. The van der Waals surface area contributed by atoms with Crippen molar-refractivity contribution in [3.05, 3.63) is 18.2 Å². The third-order valence-electron chi connectivity index (χ3n) is 3.30. The molecule has 0 aromatic rings. The first-order valence-electron chi connectivity index (χ1n) is 5.51. The fourth-order valence-electron chi connectivity index (χ4n) is 1.29. The van der Waals surface area contributed by atoms with Crippen LogP contribution < -0.4 is 0 Å². The third kappa shape index (κ3) is 2.54. The number of phenols is 1. The summed E-state index contributed by atoms with van der Waals surface area (Å²) in [4.78, 5) is 10.5. The predicted molar refractivity (Wildman–Crippen MR) is 63.4 cm³/mol. The van der Waals surface area contributed by atoms with Gasteiger partial charge in [0.05, 0.1) is 5.41 Å². The number of hydrogen-bond acceptors (Lipinski definition) is 2. The van der Waals surface area contributed by atoms with E-state index in [1.54, 1.807) is 13.0 Å². The molecule has 3 heteroatoms. The number of aliphatic carboxylic acids is 1. The number of hydrogen-bond donors (Lipinski definition) is 2. The molecule has 0 amide bonds. The van der Waals surface area contributed by atoms with E-state index in [-0.39, 0.29) is 0 Å². The summed E-state index contributed by atoms with van der Waals surface area (Å²) in [7, 11) is 0. The minimum Gasteiger partial charge on any atom is -0.507 e. The largest absolute Gasteiger partial charge is 0.507 e. The standard InChI is InChI=1S/C7H14O2.C6H4O/c1-4-7(3,5-2)6(8)9;7-6-2-1-4-3-5(4)6/h4-5H2,1-3H3,(H,8,9);1-3,7H. The maximum atomic E-state index is 10.5. The first-order valence-corrected chi connectivity index (χ1v) is 5.51. The number of fused-ring (bicyclic) bond motifs is 1. The second-order valence-electron chi connectivity index (χ2n) is 4.30. The lowest BCUT2D eigenvalue weighted by atomic mass is 9.85. The second kappa shape index (κ2) is 4.56. The Bertz CT molecular complexity index is 392. The molecule has 88 valence electrons. The van der Waals surface area contributed by atoms with Gasteiger partial charge >= 0.3 is 5.97 Å². The van der Waals surface area contributed by atoms with Gasteiger partial charge in [-0.1, -0.05) is 19.9 Å². The van der Waals surface area contributed by atoms with Crippen molar-refractivity contribution in [3.8, 4) is 16.9 Å². The molecule has 0 atom stereocenters. The van der Waals surface area contributed by atoms with Crippen LogP contribution in [0.1, 0.15) is 33.6 Å². The molecule has 2 N–H and O–H groups in total. The number of phenolic OH excluding ortho intramolecular Hbond substituents is 1. The van der Waals surface area contributed by atoms with Crippen molar-refractivity contribution in [3.63, 3.8) is 0 Å². The van der Waals surface area contributed by atoms with Gasteiger partial charge in [0.2, 0.25) is 0 Å². The van der Waals surface area contributed by atoms with Gasteiger partial charge in [0.25, 0.3) is 0 Å². The fourth-order valence-corrected chi connectivity index (χ4v) is 1.29. The van der Waals surface area contributed by atoms with E-state index < -0.39 is 11.4 Å². The fraction of sp³-hybridized carbons (Fsp3) is 0.462. The lowest BCUT2D eigenvalue weighted by Gasteiger charge is -2.19. The minimum absolute atomic E-state index is 0.426. The number of aromatic hydroxyl groups is 1. The van der Waals surface area contributed by atoms with E-state index in [1.165, 1.54) is 5.56 Å². The zero-order chi connectivity index (χ0) is 12.3. The molecule has 0 aromatic carbocycles. The maximum Gasteiger partial charge on any atom is 0.309 e. The second-order valence-corrected chi connectivity index (χ2v) is 4.30. The highest BCUT2D eigenvalue weighted by molar-refractivity contribution is 5.86. The van der Waals surface area contributed by atoms with Crippen molar-refractivity contribution in [2.45, 2.75) is 33.6 Å². The molecule has 0 radical (unpaired) electrons. The highest BCUT2D eigenvalue weighted by Gasteiger charge is 2.28. The molecule has 0 aromatic heterocycles. The summed E-state index contributed by atoms with van der Waals surface area (Å²) >= 11 is 0. The zero-order valence-electron chi connectivity index (χ0n) is 9.95. The molecular formula is C13H18O3. The lowest BCUT2D eigenvalue weighted by molar-refractivity contribution is -0.148. The van der Waals surface area contributed by atoms with Crippen molar-refractivity contribution in [2.24, 2.45) is 5.41 Å². The highest BCUT2D eigenvalue weighted by Crippen LogP contribution is 2.42. The summed E-state index contributed by atoms with van der Waals surface area (Å²) in [5, 5.41) is 17.4. The van der Waals surface area contributed by atoms with Gasteiger partial charge in [-0.2, -0.15) is 0 Å². The van der Waals surface area contributed by atoms with Crippen molar-refractivity contribution in [2.75, 3.05) is 0 Å². The van der Waals surface area contributed by atoms with Crippen molar-refractivity contribution in [1.82, 2.24) is 0 Å². The Labute approximate surface area is 95.7 Å². The summed E-state index contributed by atoms with van der Waals surface area (Å²) < 4.78 is 0. The first-order chi connectivity index (χ1) is 7.44. The Morgan fingerprint density at radius 1 is 1.31 bits per heavy atom. The Morgan fingerprint density at radius 3 is 1.94 bits per heavy atom. The Morgan fingerprint density at radius 2 is 1.88 bits per heavy atom. The van der Waals surface area contributed by atoms with E-state index in [0.29, 0.717) is 18.6 Å². The maximum absolute atomic E-state index is 10.5. The van der Waals surface area contributed by atoms with Crippen LogP contribution in [0.5, 0.6) is 5.75 Å². The monoisotopic (exact) mass is 222 g/mol. The summed E-state index contributed by atoms with van der Waals surface area (Å²) in [5.41, 5.74) is 1.72. The van der Waals surface area contributed by atoms with Gasteiger partial charge in [0.15, 0.2) is 0 Å². The summed E-state index contributed by atoms with van der Waals surface area (Å²) in [6.45, 7) is 5.57. The van der Waals surface area contributed by atoms with Crippen LogP contribution in [0.2, 0.25) is 0 Å². The van der Waals surface area contributed by atoms with Gasteiger partial charge in [0, 0.05) is 5.56 Å². The van der Waals surface area contributed by atoms with Gasteiger partial charge in [-0.3, -0.25) is 4.79 Å². The highest BCUT2D eigenvalue weighted by atomic mass is 16.4. The molecule has 0 heterocycles. The van der Waals surface area contributed by atoms with Crippen LogP contribution in [-0.4, -0.2) is 16.2 Å². The SMILES string of the molecule is CCC(C)(CC)C(=O)O.Oc1ccc2cc1-2. The molecule has 2 rings (SSSR count). The Hall–Kier alpha value is -1.51. The number of rotatable bonds is 3. The molecule has 16 heavy (non-hydrogen) atoms. The topological polar surface area (TPSA) is 57.5 Å². The van der Waals surface area contributed by atoms with Crippen LogP contribution >= 0.6 is 0 Å². The molecule has 0 fully saturated rings. The summed E-state index contributed by atoms with van der Waals surface area (Å²) in [5.74, 6) is -0.262. The minimum atomic E-state index is -0.687. The van der Waals surface area contributed by atoms with Crippen LogP contribution in [-0.2, 0) is 4.79 Å².